The summed E-state index contributed by atoms with van der Waals surface area (Å²) in [6.07, 6.45) is 0. The van der Waals surface area contributed by atoms with Gasteiger partial charge in [0.1, 0.15) is 0 Å². The summed E-state index contributed by atoms with van der Waals surface area (Å²) >= 11 is 7.21. The van der Waals surface area contributed by atoms with E-state index in [1.54, 1.807) is 0 Å². The fourth-order valence-electron chi connectivity index (χ4n) is 0. The molecule has 94 valence electrons. The van der Waals surface area contributed by atoms with Crippen molar-refractivity contribution < 1.29 is 60.3 Å². The first-order chi connectivity index (χ1) is 6.00. The minimum Gasteiger partial charge on any atom is -1.00 e. The Bertz CT molecular complexity index is 149. The van der Waals surface area contributed by atoms with Gasteiger partial charge in [0.2, 0.25) is 0 Å². The van der Waals surface area contributed by atoms with Crippen LogP contribution in [0.3, 0.4) is 0 Å². The van der Waals surface area contributed by atoms with Crippen LogP contribution in [0.1, 0.15) is 29.1 Å². The molecular weight excluding hydrogens is 293 g/mol. The molecule has 0 aromatic rings. The fourth-order valence-corrected chi connectivity index (χ4v) is 0. The van der Waals surface area contributed by atoms with Gasteiger partial charge in [-0.3, -0.25) is 0 Å². The minimum absolute atomic E-state index is 0. The average Bonchev–Trinajstić information content (AvgIpc) is 1.88. The van der Waals surface area contributed by atoms with Crippen LogP contribution in [-0.2, 0) is 23.6 Å². The quantitative estimate of drug-likeness (QED) is 0.215. The second kappa shape index (κ2) is 18.4. The van der Waals surface area contributed by atoms with E-state index in [-0.39, 0.29) is 31.0 Å². The van der Waals surface area contributed by atoms with Crippen LogP contribution in [0.5, 0.6) is 0 Å². The minimum atomic E-state index is -3.81. The molecule has 15 heavy (non-hydrogen) atoms. The topological polar surface area (TPSA) is 121 Å². The molecule has 0 amide bonds. The van der Waals surface area contributed by atoms with E-state index in [0.29, 0.717) is 0 Å². The summed E-state index contributed by atoms with van der Waals surface area (Å²) in [4.78, 5) is 45.3. The summed E-state index contributed by atoms with van der Waals surface area (Å²) in [7, 11) is 0. The van der Waals surface area contributed by atoms with E-state index in [2.05, 4.69) is 23.6 Å². The summed E-state index contributed by atoms with van der Waals surface area (Å²) in [5.41, 5.74) is 0. The van der Waals surface area contributed by atoms with E-state index in [1.165, 1.54) is 0 Å². The summed E-state index contributed by atoms with van der Waals surface area (Å²) in [5, 5.41) is 0. The van der Waals surface area contributed by atoms with Crippen molar-refractivity contribution in [2.75, 3.05) is 0 Å². The summed E-state index contributed by atoms with van der Waals surface area (Å²) in [5.74, 6) is 0. The van der Waals surface area contributed by atoms with E-state index in [4.69, 9.17) is 29.4 Å². The van der Waals surface area contributed by atoms with Crippen LogP contribution in [0, 0.1) is 0 Å². The molecule has 0 aliphatic rings. The molecule has 0 aliphatic heterocycles. The molecule has 0 rings (SSSR count). The molecule has 0 heterocycles. The van der Waals surface area contributed by atoms with E-state index in [9.17, 15) is 0 Å². The second-order valence-corrected chi connectivity index (χ2v) is 6.02. The first kappa shape index (κ1) is 30.3. The molecule has 6 nitrogen and oxygen atoms in total. The summed E-state index contributed by atoms with van der Waals surface area (Å²) < 4.78 is 0. The third-order valence-electron chi connectivity index (χ3n) is 0. The Kier molecular flexibility index (Phi) is 37.2. The molecule has 0 aliphatic carbocycles. The van der Waals surface area contributed by atoms with Crippen LogP contribution in [0.25, 0.3) is 0 Å². The molecule has 0 unspecified atom stereocenters. The zero-order valence-electron chi connectivity index (χ0n) is 10.4. The molecule has 6 N–H and O–H groups in total. The smallest absolute Gasteiger partial charge is 1.00 e. The molecule has 0 bridgehead atoms. The van der Waals surface area contributed by atoms with Crippen molar-refractivity contribution in [1.82, 2.24) is 0 Å². The first-order valence-corrected chi connectivity index (χ1v) is 8.89. The van der Waals surface area contributed by atoms with Gasteiger partial charge < -0.3 is 30.8 Å². The van der Waals surface area contributed by atoms with E-state index in [1.807, 2.05) is 27.7 Å². The Morgan fingerprint density at radius 2 is 0.667 bits per heavy atom. The zero-order chi connectivity index (χ0) is 13.0. The maximum absolute atomic E-state index is 7.56. The monoisotopic (exact) mass is 312 g/mol. The van der Waals surface area contributed by atoms with Crippen LogP contribution in [0.2, 0.25) is 0 Å². The van der Waals surface area contributed by atoms with Crippen molar-refractivity contribution in [1.29, 1.82) is 0 Å². The molecule has 0 aromatic heterocycles. The molecule has 0 radical (unpaired) electrons. The predicted octanol–water partition coefficient (Wildman–Crippen LogP) is -2.46. The third-order valence-corrected chi connectivity index (χ3v) is 0. The van der Waals surface area contributed by atoms with Gasteiger partial charge in [0, 0.05) is 0 Å². The summed E-state index contributed by atoms with van der Waals surface area (Å²) in [6.45, 7) is 0.389. The van der Waals surface area contributed by atoms with E-state index in [0.717, 1.165) is 0 Å². The Morgan fingerprint density at radius 1 is 0.667 bits per heavy atom. The Labute approximate surface area is 124 Å². The van der Waals surface area contributed by atoms with Crippen molar-refractivity contribution in [2.24, 2.45) is 0 Å². The van der Waals surface area contributed by atoms with Gasteiger partial charge in [0.15, 0.2) is 0 Å². The van der Waals surface area contributed by atoms with Crippen LogP contribution < -0.4 is 29.6 Å². The Hall–Kier alpha value is 2.06. The molecule has 11 heteroatoms. The van der Waals surface area contributed by atoms with Crippen LogP contribution in [0.4, 0.5) is 0 Å². The third kappa shape index (κ3) is 748. The van der Waals surface area contributed by atoms with Gasteiger partial charge in [-0.2, -0.15) is 0 Å². The first-order valence-electron chi connectivity index (χ1n) is 3.57. The van der Waals surface area contributed by atoms with Crippen LogP contribution in [0.15, 0.2) is 0 Å². The van der Waals surface area contributed by atoms with Crippen molar-refractivity contribution in [3.63, 3.8) is 0 Å². The molecule has 0 saturated carbocycles. The SMILES string of the molecule is CC.CC.OP(O)(O)=S.OP(O)(O)=S.[H-].[Na+]. The van der Waals surface area contributed by atoms with Gasteiger partial charge in [-0.25, -0.2) is 0 Å². The Morgan fingerprint density at radius 3 is 0.667 bits per heavy atom. The zero-order valence-corrected chi connectivity index (χ0v) is 14.8. The number of hydrogen-bond acceptors (Lipinski definition) is 2. The van der Waals surface area contributed by atoms with Gasteiger partial charge >= 0.3 is 43.0 Å². The van der Waals surface area contributed by atoms with Gasteiger partial charge in [0.25, 0.3) is 0 Å². The van der Waals surface area contributed by atoms with Gasteiger partial charge in [-0.1, -0.05) is 27.7 Å². The molecule has 0 atom stereocenters. The number of rotatable bonds is 0. The largest absolute Gasteiger partial charge is 1.00 e. The molecule has 0 aromatic carbocycles. The number of hydrogen-bond donors (Lipinski definition) is 6. The maximum Gasteiger partial charge on any atom is 1.00 e. The average molecular weight is 312 g/mol. The molecule has 0 fully saturated rings. The Balaban J connectivity index is -0.0000000218. The van der Waals surface area contributed by atoms with Crippen LogP contribution >= 0.6 is 13.4 Å². The summed E-state index contributed by atoms with van der Waals surface area (Å²) in [6, 6.07) is 0. The maximum atomic E-state index is 7.56. The molecule has 0 saturated heterocycles. The van der Waals surface area contributed by atoms with E-state index >= 15 is 0 Å². The van der Waals surface area contributed by atoms with Gasteiger partial charge in [-0.15, -0.1) is 0 Å². The van der Waals surface area contributed by atoms with E-state index < -0.39 is 13.4 Å². The van der Waals surface area contributed by atoms with Crippen molar-refractivity contribution >= 4 is 37.1 Å². The predicted molar refractivity (Wildman–Crippen MR) is 65.7 cm³/mol. The van der Waals surface area contributed by atoms with Crippen molar-refractivity contribution in [3.8, 4) is 0 Å². The standard InChI is InChI=1S/2C2H6.Na.2H3O3PS.H/c2*1-2;;2*1-4(2,3)5;/h2*1-2H3;;2*(H3,1,2,3,5);/q;;+1;;;-1. The van der Waals surface area contributed by atoms with Gasteiger partial charge in [-0.05, 0) is 23.6 Å². The van der Waals surface area contributed by atoms with Crippen molar-refractivity contribution in [2.45, 2.75) is 27.7 Å². The fraction of sp³-hybridized carbons (Fsp3) is 1.00. The second-order valence-electron chi connectivity index (χ2n) is 1.03. The molecular formula is C4H19NaO6P2S2. The van der Waals surface area contributed by atoms with Crippen molar-refractivity contribution in [3.05, 3.63) is 0 Å². The molecule has 0 spiro atoms. The van der Waals surface area contributed by atoms with Gasteiger partial charge in [0.05, 0.1) is 0 Å². The van der Waals surface area contributed by atoms with Crippen LogP contribution in [-0.4, -0.2) is 29.4 Å². The normalized spacial score (nSPS) is 8.67.